The van der Waals surface area contributed by atoms with E-state index < -0.39 is 0 Å². The van der Waals surface area contributed by atoms with E-state index in [0.29, 0.717) is 5.39 Å². The van der Waals surface area contributed by atoms with Gasteiger partial charge < -0.3 is 15.0 Å². The van der Waals surface area contributed by atoms with Gasteiger partial charge in [-0.2, -0.15) is 0 Å². The lowest BCUT2D eigenvalue weighted by atomic mass is 9.88. The van der Waals surface area contributed by atoms with Crippen molar-refractivity contribution in [3.63, 3.8) is 0 Å². The van der Waals surface area contributed by atoms with Gasteiger partial charge in [0.05, 0.1) is 10.3 Å². The number of fused-ring (bicyclic) bond motifs is 1. The molecule has 2 aromatic rings. The van der Waals surface area contributed by atoms with Crippen LogP contribution in [0.5, 0.6) is 0 Å². The fraction of sp³-hybridized carbons (Fsp3) is 0.471. The molecule has 0 bridgehead atoms. The molecule has 0 aliphatic carbocycles. The Morgan fingerprint density at radius 3 is 2.71 bits per heavy atom. The Morgan fingerprint density at radius 2 is 2.04 bits per heavy atom. The molecule has 7 nitrogen and oxygen atoms in total. The Morgan fingerprint density at radius 1 is 1.29 bits per heavy atom. The van der Waals surface area contributed by atoms with E-state index in [-0.39, 0.29) is 16.1 Å². The van der Waals surface area contributed by atoms with Gasteiger partial charge in [0.25, 0.3) is 5.69 Å². The second-order valence-corrected chi connectivity index (χ2v) is 6.40. The molecule has 1 fully saturated rings. The fourth-order valence-electron chi connectivity index (χ4n) is 3.28. The molecular formula is C17H22N4O3. The molecule has 1 aromatic carbocycles. The van der Waals surface area contributed by atoms with Crippen molar-refractivity contribution in [1.29, 1.82) is 0 Å². The first-order valence-corrected chi connectivity index (χ1v) is 8.04. The summed E-state index contributed by atoms with van der Waals surface area (Å²) >= 11 is 0. The zero-order chi connectivity index (χ0) is 17.2. The van der Waals surface area contributed by atoms with Crippen molar-refractivity contribution in [3.8, 4) is 0 Å². The molecule has 24 heavy (non-hydrogen) atoms. The zero-order valence-corrected chi connectivity index (χ0v) is 14.0. The molecular weight excluding hydrogens is 308 g/mol. The van der Waals surface area contributed by atoms with Crippen LogP contribution in [0, 0.1) is 10.1 Å². The molecule has 1 saturated heterocycles. The molecule has 7 heteroatoms. The number of nitrogens with one attached hydrogen (secondary N) is 1. The van der Waals surface area contributed by atoms with Gasteiger partial charge in [-0.3, -0.25) is 15.1 Å². The van der Waals surface area contributed by atoms with Gasteiger partial charge >= 0.3 is 0 Å². The largest absolute Gasteiger partial charge is 0.383 e. The number of hydrogen-bond donors (Lipinski definition) is 1. The number of aromatic nitrogens is 1. The molecule has 1 aliphatic rings. The van der Waals surface area contributed by atoms with Crippen molar-refractivity contribution in [2.45, 2.75) is 18.4 Å². The highest BCUT2D eigenvalue weighted by atomic mass is 16.6. The van der Waals surface area contributed by atoms with Crippen LogP contribution in [0.15, 0.2) is 30.6 Å². The number of nitrogens with zero attached hydrogens (tertiary/aromatic N) is 3. The topological polar surface area (TPSA) is 80.5 Å². The molecule has 0 saturated carbocycles. The molecule has 1 aromatic heterocycles. The number of nitro benzene ring substituents is 1. The van der Waals surface area contributed by atoms with Crippen molar-refractivity contribution in [3.05, 3.63) is 40.7 Å². The maximum Gasteiger partial charge on any atom is 0.278 e. The average Bonchev–Trinajstić information content (AvgIpc) is 2.60. The lowest BCUT2D eigenvalue weighted by Crippen LogP contribution is -2.53. The molecule has 1 aliphatic heterocycles. The third kappa shape index (κ3) is 3.05. The first-order chi connectivity index (χ1) is 11.5. The molecule has 3 rings (SSSR count). The van der Waals surface area contributed by atoms with Crippen molar-refractivity contribution < 1.29 is 9.66 Å². The summed E-state index contributed by atoms with van der Waals surface area (Å²) in [7, 11) is 4.18. The van der Waals surface area contributed by atoms with Gasteiger partial charge in [-0.25, -0.2) is 0 Å². The van der Waals surface area contributed by atoms with Crippen LogP contribution in [0.25, 0.3) is 10.8 Å². The first-order valence-electron chi connectivity index (χ1n) is 8.04. The summed E-state index contributed by atoms with van der Waals surface area (Å²) in [5.41, 5.74) is 1.00. The molecule has 1 N–H and O–H groups in total. The monoisotopic (exact) mass is 330 g/mol. The molecule has 0 atom stereocenters. The third-order valence-corrected chi connectivity index (χ3v) is 4.97. The summed E-state index contributed by atoms with van der Waals surface area (Å²) in [6, 6.07) is 5.14. The predicted molar refractivity (Wildman–Crippen MR) is 93.4 cm³/mol. The van der Waals surface area contributed by atoms with Crippen LogP contribution in [-0.4, -0.2) is 54.2 Å². The van der Waals surface area contributed by atoms with E-state index >= 15 is 0 Å². The maximum absolute atomic E-state index is 11.2. The minimum Gasteiger partial charge on any atom is -0.383 e. The van der Waals surface area contributed by atoms with Gasteiger partial charge in [0.2, 0.25) is 0 Å². The Balaban J connectivity index is 1.90. The minimum atomic E-state index is -0.367. The van der Waals surface area contributed by atoms with E-state index in [4.69, 9.17) is 4.74 Å². The van der Waals surface area contributed by atoms with Gasteiger partial charge in [0, 0.05) is 54.8 Å². The number of non-ortho nitro benzene ring substituents is 1. The summed E-state index contributed by atoms with van der Waals surface area (Å²) in [4.78, 5) is 17.1. The fourth-order valence-corrected chi connectivity index (χ4v) is 3.28. The summed E-state index contributed by atoms with van der Waals surface area (Å²) in [6.07, 6.45) is 5.13. The van der Waals surface area contributed by atoms with E-state index in [2.05, 4.69) is 29.3 Å². The van der Waals surface area contributed by atoms with Crippen LogP contribution in [-0.2, 0) is 4.74 Å². The third-order valence-electron chi connectivity index (χ3n) is 4.97. The molecule has 0 radical (unpaired) electrons. The van der Waals surface area contributed by atoms with Crippen LogP contribution >= 0.6 is 0 Å². The number of nitro groups is 1. The molecule has 0 unspecified atom stereocenters. The first kappa shape index (κ1) is 16.6. The number of hydrogen-bond acceptors (Lipinski definition) is 6. The molecule has 0 amide bonds. The lowest BCUT2D eigenvalue weighted by Gasteiger charge is -2.43. The molecule has 0 spiro atoms. The highest BCUT2D eigenvalue weighted by Gasteiger charge is 2.34. The van der Waals surface area contributed by atoms with Crippen molar-refractivity contribution in [2.75, 3.05) is 39.2 Å². The van der Waals surface area contributed by atoms with E-state index in [0.717, 1.165) is 43.7 Å². The van der Waals surface area contributed by atoms with Gasteiger partial charge in [-0.05, 0) is 39.1 Å². The second-order valence-electron chi connectivity index (χ2n) is 6.40. The Kier molecular flexibility index (Phi) is 4.64. The number of benzene rings is 1. The van der Waals surface area contributed by atoms with Crippen molar-refractivity contribution >= 4 is 22.1 Å². The van der Waals surface area contributed by atoms with Crippen LogP contribution in [0.3, 0.4) is 0 Å². The summed E-state index contributed by atoms with van der Waals surface area (Å²) < 4.78 is 5.50. The van der Waals surface area contributed by atoms with E-state index in [1.807, 2.05) is 6.07 Å². The maximum atomic E-state index is 11.2. The van der Waals surface area contributed by atoms with Crippen molar-refractivity contribution in [2.24, 2.45) is 0 Å². The van der Waals surface area contributed by atoms with E-state index in [9.17, 15) is 10.1 Å². The van der Waals surface area contributed by atoms with Gasteiger partial charge in [-0.15, -0.1) is 0 Å². The SMILES string of the molecule is CN(C)C1(CNc2ccc([N+](=O)[O-])c3cnccc23)CCOCC1. The molecule has 128 valence electrons. The van der Waals surface area contributed by atoms with E-state index in [1.54, 1.807) is 24.5 Å². The zero-order valence-electron chi connectivity index (χ0n) is 14.0. The average molecular weight is 330 g/mol. The van der Waals surface area contributed by atoms with Crippen LogP contribution in [0.4, 0.5) is 11.4 Å². The Hall–Kier alpha value is -2.25. The van der Waals surface area contributed by atoms with Crippen LogP contribution in [0.2, 0.25) is 0 Å². The standard InChI is InChI=1S/C17H22N4O3/c1-20(2)17(6-9-24-10-7-17)12-19-15-3-4-16(21(22)23)14-11-18-8-5-13(14)15/h3-5,8,11,19H,6-7,9-10,12H2,1-2H3. The number of anilines is 1. The number of pyridine rings is 1. The normalized spacial score (nSPS) is 17.1. The Bertz CT molecular complexity index is 742. The van der Waals surface area contributed by atoms with Gasteiger partial charge in [-0.1, -0.05) is 0 Å². The van der Waals surface area contributed by atoms with Crippen LogP contribution < -0.4 is 5.32 Å². The smallest absolute Gasteiger partial charge is 0.278 e. The summed E-state index contributed by atoms with van der Waals surface area (Å²) in [5.74, 6) is 0. The summed E-state index contributed by atoms with van der Waals surface area (Å²) in [6.45, 7) is 2.27. The predicted octanol–water partition coefficient (Wildman–Crippen LogP) is 2.67. The van der Waals surface area contributed by atoms with Crippen LogP contribution in [0.1, 0.15) is 12.8 Å². The minimum absolute atomic E-state index is 0.0272. The Labute approximate surface area is 140 Å². The van der Waals surface area contributed by atoms with Crippen molar-refractivity contribution in [1.82, 2.24) is 9.88 Å². The number of ether oxygens (including phenoxy) is 1. The van der Waals surface area contributed by atoms with Gasteiger partial charge in [0.15, 0.2) is 0 Å². The second kappa shape index (κ2) is 6.70. The lowest BCUT2D eigenvalue weighted by molar-refractivity contribution is -0.383. The highest BCUT2D eigenvalue weighted by Crippen LogP contribution is 2.32. The van der Waals surface area contributed by atoms with E-state index in [1.165, 1.54) is 0 Å². The summed E-state index contributed by atoms with van der Waals surface area (Å²) in [5, 5.41) is 16.1. The number of likely N-dealkylation sites (N-methyl/N-ethyl adjacent to an activating group) is 1. The highest BCUT2D eigenvalue weighted by molar-refractivity contribution is 5.99. The van der Waals surface area contributed by atoms with Gasteiger partial charge in [0.1, 0.15) is 0 Å². The quantitative estimate of drug-likeness (QED) is 0.670. The number of rotatable bonds is 5. The molecule has 2 heterocycles.